The number of nitrogens with zero attached hydrogens (tertiary/aromatic N) is 4. The Morgan fingerprint density at radius 1 is 1.36 bits per heavy atom. The average molecular weight is 440 g/mol. The standard InChI is InChI=1S/C20H18BrN5O2/c1-3-26(2)20(28)16(27)8-7-12-5-4-6-13(9-12)19-24-10-14-15(21)11-23-18(22)17(14)25-19/h4-6,9-11,16,27H,3H2,1-2H3,(H2,22,23)/t16-/m1/s1. The second kappa shape index (κ2) is 8.33. The van der Waals surface area contributed by atoms with Crippen LogP contribution in [0.3, 0.4) is 0 Å². The lowest BCUT2D eigenvalue weighted by atomic mass is 10.1. The first-order valence-corrected chi connectivity index (χ1v) is 9.31. The topological polar surface area (TPSA) is 105 Å². The number of carbonyl (C=O) groups is 1. The maximum Gasteiger partial charge on any atom is 0.263 e. The monoisotopic (exact) mass is 439 g/mol. The molecule has 0 saturated carbocycles. The summed E-state index contributed by atoms with van der Waals surface area (Å²) in [6, 6.07) is 7.23. The van der Waals surface area contributed by atoms with Gasteiger partial charge >= 0.3 is 0 Å². The summed E-state index contributed by atoms with van der Waals surface area (Å²) in [6.07, 6.45) is 1.93. The van der Waals surface area contributed by atoms with Gasteiger partial charge in [0.2, 0.25) is 0 Å². The Kier molecular flexibility index (Phi) is 5.87. The smallest absolute Gasteiger partial charge is 0.263 e. The minimum Gasteiger partial charge on any atom is -0.382 e. The number of nitrogens with two attached hydrogens (primary N) is 1. The number of hydrogen-bond acceptors (Lipinski definition) is 6. The van der Waals surface area contributed by atoms with Crippen molar-refractivity contribution in [2.45, 2.75) is 13.0 Å². The van der Waals surface area contributed by atoms with Crippen LogP contribution >= 0.6 is 15.9 Å². The highest BCUT2D eigenvalue weighted by molar-refractivity contribution is 9.10. The van der Waals surface area contributed by atoms with Gasteiger partial charge in [-0.25, -0.2) is 15.0 Å². The number of rotatable bonds is 3. The highest BCUT2D eigenvalue weighted by Gasteiger charge is 2.15. The van der Waals surface area contributed by atoms with E-state index in [1.807, 2.05) is 19.1 Å². The summed E-state index contributed by atoms with van der Waals surface area (Å²) in [5.74, 6) is 5.76. The molecule has 0 spiro atoms. The van der Waals surface area contributed by atoms with Gasteiger partial charge in [-0.05, 0) is 35.0 Å². The molecule has 3 N–H and O–H groups in total. The third kappa shape index (κ3) is 4.11. The van der Waals surface area contributed by atoms with Gasteiger partial charge in [-0.15, -0.1) is 0 Å². The number of pyridine rings is 1. The van der Waals surface area contributed by atoms with Gasteiger partial charge in [-0.3, -0.25) is 4.79 Å². The van der Waals surface area contributed by atoms with Gasteiger partial charge in [-0.2, -0.15) is 0 Å². The number of aliphatic hydroxyl groups is 1. The van der Waals surface area contributed by atoms with Crippen molar-refractivity contribution in [3.05, 3.63) is 46.7 Å². The molecule has 0 radical (unpaired) electrons. The van der Waals surface area contributed by atoms with Crippen molar-refractivity contribution in [2.75, 3.05) is 19.3 Å². The summed E-state index contributed by atoms with van der Waals surface area (Å²) >= 11 is 3.41. The van der Waals surface area contributed by atoms with Crippen LogP contribution < -0.4 is 5.73 Å². The molecule has 0 aliphatic heterocycles. The fourth-order valence-corrected chi connectivity index (χ4v) is 2.85. The van der Waals surface area contributed by atoms with E-state index in [0.29, 0.717) is 29.3 Å². The van der Waals surface area contributed by atoms with E-state index in [0.717, 1.165) is 15.4 Å². The highest BCUT2D eigenvalue weighted by Crippen LogP contribution is 2.26. The molecule has 142 valence electrons. The maximum absolute atomic E-state index is 11.9. The molecule has 7 nitrogen and oxygen atoms in total. The molecule has 0 unspecified atom stereocenters. The van der Waals surface area contributed by atoms with Gasteiger partial charge in [0.05, 0.1) is 0 Å². The zero-order chi connectivity index (χ0) is 20.3. The SMILES string of the molecule is CCN(C)C(=O)[C@H](O)C#Cc1cccc(-c2ncc3c(Br)cnc(N)c3n2)c1. The molecule has 28 heavy (non-hydrogen) atoms. The van der Waals surface area contributed by atoms with Crippen LogP contribution in [0.2, 0.25) is 0 Å². The Morgan fingerprint density at radius 2 is 2.14 bits per heavy atom. The molecule has 1 amide bonds. The van der Waals surface area contributed by atoms with Crippen LogP contribution in [0.1, 0.15) is 12.5 Å². The second-order valence-electron chi connectivity index (χ2n) is 6.05. The molecule has 0 saturated heterocycles. The van der Waals surface area contributed by atoms with E-state index in [-0.39, 0.29) is 0 Å². The number of hydrogen-bond donors (Lipinski definition) is 2. The Labute approximate surface area is 170 Å². The Bertz CT molecular complexity index is 1110. The van der Waals surface area contributed by atoms with Gasteiger partial charge in [0, 0.05) is 47.0 Å². The molecule has 0 aliphatic rings. The zero-order valence-electron chi connectivity index (χ0n) is 15.3. The number of nitrogen functional groups attached to an aromatic ring is 1. The second-order valence-corrected chi connectivity index (χ2v) is 6.91. The summed E-state index contributed by atoms with van der Waals surface area (Å²) < 4.78 is 0.763. The van der Waals surface area contributed by atoms with Crippen LogP contribution in [0.4, 0.5) is 5.82 Å². The van der Waals surface area contributed by atoms with Crippen LogP contribution in [0, 0.1) is 11.8 Å². The van der Waals surface area contributed by atoms with Crippen molar-refractivity contribution in [3.63, 3.8) is 0 Å². The number of halogens is 1. The fraction of sp³-hybridized carbons (Fsp3) is 0.200. The first kappa shape index (κ1) is 19.7. The van der Waals surface area contributed by atoms with Gasteiger partial charge in [-0.1, -0.05) is 24.0 Å². The Balaban J connectivity index is 1.92. The molecule has 8 heteroatoms. The molecule has 0 fully saturated rings. The third-order valence-corrected chi connectivity index (χ3v) is 4.80. The van der Waals surface area contributed by atoms with E-state index in [1.165, 1.54) is 4.90 Å². The van der Waals surface area contributed by atoms with Gasteiger partial charge in [0.1, 0.15) is 11.3 Å². The van der Waals surface area contributed by atoms with Crippen molar-refractivity contribution in [1.29, 1.82) is 0 Å². The van der Waals surface area contributed by atoms with Crippen molar-refractivity contribution in [2.24, 2.45) is 0 Å². The number of likely N-dealkylation sites (N-methyl/N-ethyl adjacent to an activating group) is 1. The number of fused-ring (bicyclic) bond motifs is 1. The number of anilines is 1. The van der Waals surface area contributed by atoms with E-state index in [2.05, 4.69) is 42.7 Å². The molecular formula is C20H18BrN5O2. The quantitative estimate of drug-likeness (QED) is 0.606. The largest absolute Gasteiger partial charge is 0.382 e. The molecular weight excluding hydrogens is 422 g/mol. The number of benzene rings is 1. The number of aromatic nitrogens is 3. The fourth-order valence-electron chi connectivity index (χ4n) is 2.46. The molecule has 0 aliphatic carbocycles. The molecule has 1 atom stereocenters. The number of carbonyl (C=O) groups excluding carboxylic acids is 1. The lowest BCUT2D eigenvalue weighted by molar-refractivity contribution is -0.135. The van der Waals surface area contributed by atoms with Crippen molar-refractivity contribution >= 4 is 38.6 Å². The van der Waals surface area contributed by atoms with E-state index in [1.54, 1.807) is 31.6 Å². The normalized spacial score (nSPS) is 11.6. The summed E-state index contributed by atoms with van der Waals surface area (Å²) in [7, 11) is 1.61. The molecule has 3 rings (SSSR count). The zero-order valence-corrected chi connectivity index (χ0v) is 16.9. The number of aliphatic hydroxyl groups excluding tert-OH is 1. The van der Waals surface area contributed by atoms with Gasteiger partial charge in [0.25, 0.3) is 5.91 Å². The summed E-state index contributed by atoms with van der Waals surface area (Å²) in [6.45, 7) is 2.33. The van der Waals surface area contributed by atoms with E-state index >= 15 is 0 Å². The first-order valence-electron chi connectivity index (χ1n) is 8.52. The highest BCUT2D eigenvalue weighted by atomic mass is 79.9. The molecule has 1 aromatic carbocycles. The molecule has 2 heterocycles. The van der Waals surface area contributed by atoms with Crippen LogP contribution in [0.5, 0.6) is 0 Å². The van der Waals surface area contributed by atoms with Crippen LogP contribution in [0.15, 0.2) is 41.1 Å². The molecule has 3 aromatic rings. The van der Waals surface area contributed by atoms with E-state index in [9.17, 15) is 9.90 Å². The van der Waals surface area contributed by atoms with E-state index in [4.69, 9.17) is 5.73 Å². The predicted octanol–water partition coefficient (Wildman–Crippen LogP) is 2.23. The predicted molar refractivity (Wildman–Crippen MR) is 111 cm³/mol. The van der Waals surface area contributed by atoms with Crippen molar-refractivity contribution in [1.82, 2.24) is 19.9 Å². The summed E-state index contributed by atoms with van der Waals surface area (Å²) in [5.41, 5.74) is 7.86. The van der Waals surface area contributed by atoms with Crippen molar-refractivity contribution < 1.29 is 9.90 Å². The third-order valence-electron chi connectivity index (χ3n) is 4.16. The first-order chi connectivity index (χ1) is 13.4. The lowest BCUT2D eigenvalue weighted by Gasteiger charge is -2.15. The summed E-state index contributed by atoms with van der Waals surface area (Å²) in [5, 5.41) is 10.7. The van der Waals surface area contributed by atoms with Gasteiger partial charge in [0.15, 0.2) is 11.9 Å². The number of amides is 1. The van der Waals surface area contributed by atoms with Gasteiger partial charge < -0.3 is 15.7 Å². The van der Waals surface area contributed by atoms with E-state index < -0.39 is 12.0 Å². The lowest BCUT2D eigenvalue weighted by Crippen LogP contribution is -2.35. The molecule has 2 aromatic heterocycles. The maximum atomic E-state index is 11.9. The summed E-state index contributed by atoms with van der Waals surface area (Å²) in [4.78, 5) is 26.3. The average Bonchev–Trinajstić information content (AvgIpc) is 2.73. The molecule has 0 bridgehead atoms. The minimum absolute atomic E-state index is 0.319. The van der Waals surface area contributed by atoms with Crippen LogP contribution in [-0.4, -0.2) is 50.6 Å². The van der Waals surface area contributed by atoms with Crippen LogP contribution in [0.25, 0.3) is 22.3 Å². The Morgan fingerprint density at radius 3 is 2.89 bits per heavy atom. The van der Waals surface area contributed by atoms with Crippen LogP contribution in [-0.2, 0) is 4.79 Å². The minimum atomic E-state index is -1.37. The van der Waals surface area contributed by atoms with Crippen molar-refractivity contribution in [3.8, 4) is 23.2 Å². The Hall–Kier alpha value is -3.02.